The van der Waals surface area contributed by atoms with E-state index in [0.29, 0.717) is 15.8 Å². The van der Waals surface area contributed by atoms with Crippen molar-refractivity contribution in [3.8, 4) is 0 Å². The van der Waals surface area contributed by atoms with Crippen LogP contribution < -0.4 is 10.6 Å². The fourth-order valence-corrected chi connectivity index (χ4v) is 2.08. The molecule has 0 bridgehead atoms. The van der Waals surface area contributed by atoms with E-state index >= 15 is 0 Å². The molecule has 2 aromatic carbocycles. The Labute approximate surface area is 132 Å². The summed E-state index contributed by atoms with van der Waals surface area (Å²) in [6.07, 6.45) is 0. The van der Waals surface area contributed by atoms with Gasteiger partial charge in [-0.2, -0.15) is 0 Å². The summed E-state index contributed by atoms with van der Waals surface area (Å²) in [5.41, 5.74) is 2.26. The predicted molar refractivity (Wildman–Crippen MR) is 89.1 cm³/mol. The van der Waals surface area contributed by atoms with Gasteiger partial charge in [-0.1, -0.05) is 23.7 Å². The van der Waals surface area contributed by atoms with Crippen molar-refractivity contribution >= 4 is 46.0 Å². The Morgan fingerprint density at radius 1 is 1.19 bits per heavy atom. The van der Waals surface area contributed by atoms with Crippen LogP contribution in [0.15, 0.2) is 42.5 Å². The predicted octanol–water partition coefficient (Wildman–Crippen LogP) is 4.37. The topological polar surface area (TPSA) is 67.2 Å². The molecular formula is C14H12ClN3O2S. The zero-order chi connectivity index (χ0) is 15.4. The lowest BCUT2D eigenvalue weighted by atomic mass is 10.2. The van der Waals surface area contributed by atoms with E-state index in [-0.39, 0.29) is 5.69 Å². The molecule has 0 radical (unpaired) electrons. The number of non-ortho nitro benzene ring substituents is 1. The molecule has 0 aliphatic rings. The number of aryl methyl sites for hydroxylation is 1. The molecule has 2 N–H and O–H groups in total. The summed E-state index contributed by atoms with van der Waals surface area (Å²) in [4.78, 5) is 10.3. The number of nitro benzene ring substituents is 1. The first-order chi connectivity index (χ1) is 9.95. The Morgan fingerprint density at radius 3 is 2.48 bits per heavy atom. The minimum absolute atomic E-state index is 0.00109. The number of halogens is 1. The van der Waals surface area contributed by atoms with E-state index in [1.54, 1.807) is 18.2 Å². The van der Waals surface area contributed by atoms with Gasteiger partial charge in [0, 0.05) is 28.5 Å². The van der Waals surface area contributed by atoms with Crippen LogP contribution in [0.3, 0.4) is 0 Å². The number of thiocarbonyl (C=S) groups is 1. The second kappa shape index (κ2) is 6.51. The number of nitrogens with one attached hydrogen (secondary N) is 2. The van der Waals surface area contributed by atoms with Gasteiger partial charge in [0.05, 0.1) is 4.92 Å². The SMILES string of the molecule is Cc1ccc(NC(=S)Nc2cccc([N+](=O)[O-])c2)cc1Cl. The van der Waals surface area contributed by atoms with E-state index in [1.807, 2.05) is 19.1 Å². The van der Waals surface area contributed by atoms with Crippen molar-refractivity contribution in [3.63, 3.8) is 0 Å². The molecule has 0 fully saturated rings. The van der Waals surface area contributed by atoms with Gasteiger partial charge in [-0.25, -0.2) is 0 Å². The molecule has 0 aliphatic heterocycles. The second-order valence-corrected chi connectivity index (χ2v) is 5.17. The largest absolute Gasteiger partial charge is 0.332 e. The Balaban J connectivity index is 2.06. The van der Waals surface area contributed by atoms with Crippen LogP contribution in [0, 0.1) is 17.0 Å². The Kier molecular flexibility index (Phi) is 4.72. The van der Waals surface area contributed by atoms with Crippen molar-refractivity contribution in [2.75, 3.05) is 10.6 Å². The lowest BCUT2D eigenvalue weighted by molar-refractivity contribution is -0.384. The van der Waals surface area contributed by atoms with Crippen molar-refractivity contribution in [1.29, 1.82) is 0 Å². The normalized spacial score (nSPS) is 10.0. The molecule has 0 aliphatic carbocycles. The zero-order valence-corrected chi connectivity index (χ0v) is 12.7. The molecule has 108 valence electrons. The van der Waals surface area contributed by atoms with E-state index in [9.17, 15) is 10.1 Å². The Bertz CT molecular complexity index is 706. The maximum atomic E-state index is 10.7. The van der Waals surface area contributed by atoms with Crippen molar-refractivity contribution in [2.24, 2.45) is 0 Å². The van der Waals surface area contributed by atoms with Gasteiger partial charge in [-0.05, 0) is 42.9 Å². The average Bonchev–Trinajstić information content (AvgIpc) is 2.43. The summed E-state index contributed by atoms with van der Waals surface area (Å²) >= 11 is 11.2. The molecule has 2 aromatic rings. The number of benzene rings is 2. The molecule has 5 nitrogen and oxygen atoms in total. The van der Waals surface area contributed by atoms with Crippen molar-refractivity contribution in [3.05, 3.63) is 63.2 Å². The summed E-state index contributed by atoms with van der Waals surface area (Å²) in [5, 5.41) is 17.5. The van der Waals surface area contributed by atoms with Gasteiger partial charge < -0.3 is 10.6 Å². The molecule has 0 aromatic heterocycles. The van der Waals surface area contributed by atoms with Crippen LogP contribution in [0.4, 0.5) is 17.1 Å². The monoisotopic (exact) mass is 321 g/mol. The van der Waals surface area contributed by atoms with Gasteiger partial charge in [0.1, 0.15) is 0 Å². The van der Waals surface area contributed by atoms with Crippen molar-refractivity contribution < 1.29 is 4.92 Å². The molecule has 0 saturated carbocycles. The van der Waals surface area contributed by atoms with Crippen LogP contribution in [-0.4, -0.2) is 10.0 Å². The number of anilines is 2. The second-order valence-electron chi connectivity index (χ2n) is 4.35. The molecule has 2 rings (SSSR count). The van der Waals surface area contributed by atoms with E-state index < -0.39 is 4.92 Å². The number of nitrogens with zero attached hydrogens (tertiary/aromatic N) is 1. The maximum absolute atomic E-state index is 10.7. The van der Waals surface area contributed by atoms with Gasteiger partial charge >= 0.3 is 0 Å². The highest BCUT2D eigenvalue weighted by Gasteiger charge is 2.07. The van der Waals surface area contributed by atoms with E-state index in [0.717, 1.165) is 11.3 Å². The first-order valence-electron chi connectivity index (χ1n) is 6.04. The highest BCUT2D eigenvalue weighted by molar-refractivity contribution is 7.80. The highest BCUT2D eigenvalue weighted by atomic mass is 35.5. The van der Waals surface area contributed by atoms with Gasteiger partial charge in [0.2, 0.25) is 0 Å². The maximum Gasteiger partial charge on any atom is 0.271 e. The van der Waals surface area contributed by atoms with Crippen LogP contribution >= 0.6 is 23.8 Å². The van der Waals surface area contributed by atoms with Crippen LogP contribution in [0.2, 0.25) is 5.02 Å². The first kappa shape index (κ1) is 15.2. The molecule has 0 amide bonds. The summed E-state index contributed by atoms with van der Waals surface area (Å²) in [5.74, 6) is 0. The summed E-state index contributed by atoms with van der Waals surface area (Å²) < 4.78 is 0. The molecular weight excluding hydrogens is 310 g/mol. The minimum Gasteiger partial charge on any atom is -0.332 e. The van der Waals surface area contributed by atoms with Gasteiger partial charge in [-0.3, -0.25) is 10.1 Å². The van der Waals surface area contributed by atoms with E-state index in [1.165, 1.54) is 12.1 Å². The quantitative estimate of drug-likeness (QED) is 0.499. The molecule has 21 heavy (non-hydrogen) atoms. The van der Waals surface area contributed by atoms with Crippen LogP contribution in [0.25, 0.3) is 0 Å². The van der Waals surface area contributed by atoms with Gasteiger partial charge in [0.15, 0.2) is 5.11 Å². The fraction of sp³-hybridized carbons (Fsp3) is 0.0714. The third-order valence-corrected chi connectivity index (χ3v) is 3.36. The van der Waals surface area contributed by atoms with Gasteiger partial charge in [-0.15, -0.1) is 0 Å². The molecule has 7 heteroatoms. The smallest absolute Gasteiger partial charge is 0.271 e. The Hall–Kier alpha value is -2.18. The summed E-state index contributed by atoms with van der Waals surface area (Å²) in [7, 11) is 0. The lowest BCUT2D eigenvalue weighted by Crippen LogP contribution is -2.19. The van der Waals surface area contributed by atoms with Crippen molar-refractivity contribution in [1.82, 2.24) is 0 Å². The standard InChI is InChI=1S/C14H12ClN3O2S/c1-9-5-6-11(8-13(9)15)17-14(21)16-10-3-2-4-12(7-10)18(19)20/h2-8H,1H3,(H2,16,17,21). The number of hydrogen-bond donors (Lipinski definition) is 2. The lowest BCUT2D eigenvalue weighted by Gasteiger charge is -2.11. The zero-order valence-electron chi connectivity index (χ0n) is 11.1. The summed E-state index contributed by atoms with van der Waals surface area (Å²) in [6.45, 7) is 1.91. The van der Waals surface area contributed by atoms with E-state index in [2.05, 4.69) is 10.6 Å². The number of hydrogen-bond acceptors (Lipinski definition) is 3. The highest BCUT2D eigenvalue weighted by Crippen LogP contribution is 2.21. The van der Waals surface area contributed by atoms with Gasteiger partial charge in [0.25, 0.3) is 5.69 Å². The average molecular weight is 322 g/mol. The molecule has 0 saturated heterocycles. The first-order valence-corrected chi connectivity index (χ1v) is 6.83. The number of nitro groups is 1. The van der Waals surface area contributed by atoms with Crippen molar-refractivity contribution in [2.45, 2.75) is 6.92 Å². The third-order valence-electron chi connectivity index (χ3n) is 2.74. The van der Waals surface area contributed by atoms with Crippen LogP contribution in [-0.2, 0) is 0 Å². The molecule has 0 spiro atoms. The fourth-order valence-electron chi connectivity index (χ4n) is 1.66. The summed E-state index contributed by atoms with van der Waals surface area (Å²) in [6, 6.07) is 11.6. The van der Waals surface area contributed by atoms with Crippen LogP contribution in [0.5, 0.6) is 0 Å². The third kappa shape index (κ3) is 4.14. The molecule has 0 unspecified atom stereocenters. The number of rotatable bonds is 3. The molecule has 0 heterocycles. The van der Waals surface area contributed by atoms with Crippen LogP contribution in [0.1, 0.15) is 5.56 Å². The molecule has 0 atom stereocenters. The Morgan fingerprint density at radius 2 is 1.86 bits per heavy atom. The van der Waals surface area contributed by atoms with E-state index in [4.69, 9.17) is 23.8 Å². The minimum atomic E-state index is -0.457.